The monoisotopic (exact) mass is 682 g/mol. The fourth-order valence-electron chi connectivity index (χ4n) is 4.99. The van der Waals surface area contributed by atoms with Gasteiger partial charge in [-0.3, -0.25) is 9.52 Å². The smallest absolute Gasteiger partial charge is 0.264 e. The first-order valence-electron chi connectivity index (χ1n) is 14.7. The molecular formula is C35H28F2N6O5S. The lowest BCUT2D eigenvalue weighted by Gasteiger charge is -2.15. The van der Waals surface area contributed by atoms with Crippen molar-refractivity contribution in [3.05, 3.63) is 126 Å². The Labute approximate surface area is 279 Å². The summed E-state index contributed by atoms with van der Waals surface area (Å²) in [5, 5.41) is 3.47. The maximum absolute atomic E-state index is 14.4. The zero-order valence-corrected chi connectivity index (χ0v) is 26.9. The van der Waals surface area contributed by atoms with E-state index in [4.69, 9.17) is 15.2 Å². The molecule has 11 nitrogen and oxygen atoms in total. The number of nitrogens with two attached hydrogens (primary N) is 1. The van der Waals surface area contributed by atoms with Crippen LogP contribution < -0.4 is 25.2 Å². The molecule has 248 valence electrons. The molecule has 6 aromatic rings. The highest BCUT2D eigenvalue weighted by atomic mass is 32.2. The number of methoxy groups -OCH3 is 1. The molecular weight excluding hydrogens is 654 g/mol. The summed E-state index contributed by atoms with van der Waals surface area (Å²) in [5.41, 5.74) is 10.3. The summed E-state index contributed by atoms with van der Waals surface area (Å²) in [5.74, 6) is -2.14. The van der Waals surface area contributed by atoms with Crippen LogP contribution in [0.15, 0.2) is 102 Å². The zero-order chi connectivity index (χ0) is 34.7. The van der Waals surface area contributed by atoms with Crippen molar-refractivity contribution < 1.29 is 31.5 Å². The van der Waals surface area contributed by atoms with Crippen molar-refractivity contribution in [1.29, 1.82) is 0 Å². The molecule has 4 N–H and O–H groups in total. The van der Waals surface area contributed by atoms with E-state index in [2.05, 4.69) is 25.0 Å². The number of fused-ring (bicyclic) bond motifs is 1. The molecule has 0 unspecified atom stereocenters. The molecule has 0 bridgehead atoms. The van der Waals surface area contributed by atoms with E-state index < -0.39 is 26.6 Å². The van der Waals surface area contributed by atoms with Crippen LogP contribution in [0.4, 0.5) is 25.8 Å². The topological polar surface area (TPSA) is 158 Å². The summed E-state index contributed by atoms with van der Waals surface area (Å²) in [6.45, 7) is 1.94. The summed E-state index contributed by atoms with van der Waals surface area (Å²) in [6.07, 6.45) is 2.90. The Morgan fingerprint density at radius 2 is 1.67 bits per heavy atom. The lowest BCUT2D eigenvalue weighted by molar-refractivity contribution is 0.102. The maximum Gasteiger partial charge on any atom is 0.264 e. The number of benzene rings is 4. The third-order valence-electron chi connectivity index (χ3n) is 7.53. The number of sulfonamides is 1. The number of pyridine rings is 1. The average molecular weight is 683 g/mol. The molecule has 4 aromatic carbocycles. The molecule has 0 fully saturated rings. The van der Waals surface area contributed by atoms with Gasteiger partial charge in [0.15, 0.2) is 0 Å². The molecule has 49 heavy (non-hydrogen) atoms. The molecule has 1 amide bonds. The number of nitrogen functional groups attached to an aromatic ring is 1. The van der Waals surface area contributed by atoms with Crippen LogP contribution in [0.1, 0.15) is 21.6 Å². The van der Waals surface area contributed by atoms with Crippen molar-refractivity contribution >= 4 is 43.9 Å². The number of nitrogens with one attached hydrogen (secondary N) is 2. The van der Waals surface area contributed by atoms with E-state index in [1.807, 2.05) is 13.0 Å². The summed E-state index contributed by atoms with van der Waals surface area (Å²) in [6, 6.07) is 21.0. The van der Waals surface area contributed by atoms with E-state index in [9.17, 15) is 22.0 Å². The highest BCUT2D eigenvalue weighted by Gasteiger charge is 2.23. The summed E-state index contributed by atoms with van der Waals surface area (Å²) >= 11 is 0. The lowest BCUT2D eigenvalue weighted by atomic mass is 10.0. The van der Waals surface area contributed by atoms with Crippen LogP contribution >= 0.6 is 0 Å². The van der Waals surface area contributed by atoms with Gasteiger partial charge in [-0.1, -0.05) is 24.3 Å². The fourth-order valence-corrected chi connectivity index (χ4v) is 6.10. The predicted octanol–water partition coefficient (Wildman–Crippen LogP) is 6.50. The second-order valence-electron chi connectivity index (χ2n) is 10.8. The number of carbonyl (C=O) groups is 1. The number of nitrogens with zero attached hydrogens (tertiary/aromatic N) is 3. The van der Waals surface area contributed by atoms with Crippen LogP contribution in [-0.4, -0.2) is 36.4 Å². The molecule has 0 aliphatic carbocycles. The Kier molecular flexibility index (Phi) is 9.05. The van der Waals surface area contributed by atoms with Crippen LogP contribution in [0.2, 0.25) is 0 Å². The van der Waals surface area contributed by atoms with E-state index >= 15 is 0 Å². The first-order chi connectivity index (χ1) is 23.5. The van der Waals surface area contributed by atoms with Gasteiger partial charge in [0.05, 0.1) is 18.5 Å². The first-order valence-corrected chi connectivity index (χ1v) is 16.2. The van der Waals surface area contributed by atoms with Gasteiger partial charge in [0.25, 0.3) is 15.9 Å². The van der Waals surface area contributed by atoms with Crippen LogP contribution in [0, 0.1) is 18.6 Å². The minimum Gasteiger partial charge on any atom is -0.487 e. The van der Waals surface area contributed by atoms with Crippen LogP contribution in [0.5, 0.6) is 11.6 Å². The van der Waals surface area contributed by atoms with Crippen molar-refractivity contribution in [1.82, 2.24) is 15.0 Å². The van der Waals surface area contributed by atoms with Gasteiger partial charge < -0.3 is 20.5 Å². The van der Waals surface area contributed by atoms with E-state index in [1.54, 1.807) is 54.6 Å². The van der Waals surface area contributed by atoms with Gasteiger partial charge in [0.2, 0.25) is 5.88 Å². The Morgan fingerprint density at radius 1 is 0.898 bits per heavy atom. The number of aromatic nitrogens is 3. The minimum absolute atomic E-state index is 0.0732. The second kappa shape index (κ2) is 13.5. The average Bonchev–Trinajstić information content (AvgIpc) is 3.08. The number of hydrogen-bond acceptors (Lipinski definition) is 9. The van der Waals surface area contributed by atoms with Gasteiger partial charge in [0, 0.05) is 34.5 Å². The van der Waals surface area contributed by atoms with Crippen molar-refractivity contribution in [2.24, 2.45) is 0 Å². The van der Waals surface area contributed by atoms with Crippen molar-refractivity contribution in [3.8, 4) is 22.8 Å². The molecule has 14 heteroatoms. The quantitative estimate of drug-likeness (QED) is 0.137. The van der Waals surface area contributed by atoms with Gasteiger partial charge in [0.1, 0.15) is 46.4 Å². The summed E-state index contributed by atoms with van der Waals surface area (Å²) in [4.78, 5) is 25.0. The van der Waals surface area contributed by atoms with Gasteiger partial charge >= 0.3 is 0 Å². The number of amides is 1. The maximum atomic E-state index is 14.4. The highest BCUT2D eigenvalue weighted by Crippen LogP contribution is 2.36. The Morgan fingerprint density at radius 3 is 2.41 bits per heavy atom. The Balaban J connectivity index is 1.28. The molecule has 6 rings (SSSR count). The van der Waals surface area contributed by atoms with Crippen molar-refractivity contribution in [2.45, 2.75) is 18.4 Å². The van der Waals surface area contributed by atoms with Crippen LogP contribution in [0.25, 0.3) is 22.0 Å². The molecule has 0 atom stereocenters. The number of para-hydroxylation sites is 2. The number of carbonyl (C=O) groups excluding carboxylic acids is 1. The first kappa shape index (κ1) is 32.8. The minimum atomic E-state index is -4.49. The third kappa shape index (κ3) is 7.09. The molecule has 0 spiro atoms. The lowest BCUT2D eigenvalue weighted by Crippen LogP contribution is -2.15. The number of rotatable bonds is 10. The highest BCUT2D eigenvalue weighted by molar-refractivity contribution is 7.92. The second-order valence-corrected chi connectivity index (χ2v) is 12.5. The van der Waals surface area contributed by atoms with Gasteiger partial charge in [-0.2, -0.15) is 0 Å². The normalized spacial score (nSPS) is 11.3. The third-order valence-corrected chi connectivity index (χ3v) is 8.93. The number of ether oxygens (including phenoxy) is 2. The number of halogens is 2. The van der Waals surface area contributed by atoms with Gasteiger partial charge in [-0.05, 0) is 72.6 Å². The van der Waals surface area contributed by atoms with Crippen molar-refractivity contribution in [2.75, 3.05) is 22.9 Å². The standard InChI is InChI=1S/C35H28F2N6O5S/c1-20-26-13-23(24-14-30(35(47-2)39-17-24)43-49(45,46)32-12-11-25(36)16-27(32)37)15-31(33(26)41-19-40-20)48-18-21-7-9-22(10-8-21)34(44)42-29-6-4-3-5-28(29)38/h3-17,19,43H,18,38H2,1-2H3,(H,42,44). The fraction of sp³-hybridized carbons (Fsp3) is 0.0857. The number of anilines is 3. The SMILES string of the molecule is COc1ncc(-c2cc(OCc3ccc(C(=O)Nc4ccccc4N)cc3)c3ncnc(C)c3c2)cc1NS(=O)(=O)c1ccc(F)cc1F. The van der Waals surface area contributed by atoms with Gasteiger partial charge in [-0.15, -0.1) is 0 Å². The number of hydrogen-bond donors (Lipinski definition) is 3. The van der Waals surface area contributed by atoms with E-state index in [0.29, 0.717) is 56.5 Å². The van der Waals surface area contributed by atoms with Crippen molar-refractivity contribution in [3.63, 3.8) is 0 Å². The molecule has 0 saturated heterocycles. The Hall–Kier alpha value is -6.15. The largest absolute Gasteiger partial charge is 0.487 e. The molecule has 0 aliphatic rings. The van der Waals surface area contributed by atoms with Crippen LogP contribution in [-0.2, 0) is 16.6 Å². The summed E-state index contributed by atoms with van der Waals surface area (Å²) < 4.78 is 67.8. The molecule has 2 heterocycles. The molecule has 2 aromatic heterocycles. The molecule has 0 radical (unpaired) electrons. The van der Waals surface area contributed by atoms with E-state index in [-0.39, 0.29) is 24.1 Å². The Bertz CT molecular complexity index is 2320. The van der Waals surface area contributed by atoms with E-state index in [1.165, 1.54) is 25.7 Å². The number of aryl methyl sites for hydroxylation is 1. The zero-order valence-electron chi connectivity index (χ0n) is 26.1. The van der Waals surface area contributed by atoms with Gasteiger partial charge in [-0.25, -0.2) is 32.2 Å². The molecule has 0 aliphatic heterocycles. The van der Waals surface area contributed by atoms with Crippen LogP contribution in [0.3, 0.4) is 0 Å². The molecule has 0 saturated carbocycles. The van der Waals surface area contributed by atoms with E-state index in [0.717, 1.165) is 17.7 Å². The predicted molar refractivity (Wildman–Crippen MR) is 181 cm³/mol. The summed E-state index contributed by atoms with van der Waals surface area (Å²) in [7, 11) is -3.19.